The third-order valence-corrected chi connectivity index (χ3v) is 1.56. The van der Waals surface area contributed by atoms with E-state index in [9.17, 15) is 21.6 Å². The lowest BCUT2D eigenvalue weighted by Crippen LogP contribution is -2.43. The average molecular weight is 178 g/mol. The molecule has 0 bridgehead atoms. The molecule has 4 nitrogen and oxygen atoms in total. The monoisotopic (exact) mass is 178 g/mol. The summed E-state index contributed by atoms with van der Waals surface area (Å²) in [5.74, 6) is 0. The number of halogens is 3. The Morgan fingerprint density at radius 1 is 1.30 bits per heavy atom. The first kappa shape index (κ1) is 9.66. The summed E-state index contributed by atoms with van der Waals surface area (Å²) in [4.78, 5) is 0. The summed E-state index contributed by atoms with van der Waals surface area (Å²) >= 11 is 0. The minimum atomic E-state index is -4.91. The van der Waals surface area contributed by atoms with Crippen molar-refractivity contribution in [2.24, 2.45) is 0 Å². The van der Waals surface area contributed by atoms with Crippen LogP contribution in [-0.2, 0) is 10.2 Å². The van der Waals surface area contributed by atoms with Crippen LogP contribution in [-0.4, -0.2) is 21.8 Å². The number of alkyl halides is 3. The minimum Gasteiger partial charge on any atom is -0.205 e. The molecule has 0 aliphatic rings. The third kappa shape index (κ3) is 4.53. The second-order valence-corrected chi connectivity index (χ2v) is 2.93. The average Bonchev–Trinajstić information content (AvgIpc) is 1.60. The van der Waals surface area contributed by atoms with E-state index in [1.807, 2.05) is 0 Å². The van der Waals surface area contributed by atoms with E-state index in [4.69, 9.17) is 0 Å². The molecule has 0 aromatic rings. The van der Waals surface area contributed by atoms with Gasteiger partial charge in [-0.15, -0.1) is 4.72 Å². The Labute approximate surface area is 55.6 Å². The zero-order chi connectivity index (χ0) is 8.41. The van der Waals surface area contributed by atoms with Crippen LogP contribution in [0.1, 0.15) is 0 Å². The van der Waals surface area contributed by atoms with E-state index in [2.05, 4.69) is 0 Å². The van der Waals surface area contributed by atoms with E-state index in [1.165, 1.54) is 4.72 Å². The molecule has 0 fully saturated rings. The zero-order valence-electron chi connectivity index (χ0n) is 4.86. The van der Waals surface area contributed by atoms with E-state index < -0.39 is 16.5 Å². The van der Waals surface area contributed by atoms with E-state index in [0.717, 1.165) is 7.05 Å². The molecule has 8 heteroatoms. The van der Waals surface area contributed by atoms with Crippen molar-refractivity contribution in [2.75, 3.05) is 7.05 Å². The highest BCUT2D eigenvalue weighted by Crippen LogP contribution is 2.09. The predicted octanol–water partition coefficient (Wildman–Crippen LogP) is -0.440. The number of nitrogens with one attached hydrogen (secondary N) is 2. The van der Waals surface area contributed by atoms with E-state index in [1.54, 1.807) is 0 Å². The molecule has 0 rings (SSSR count). The topological polar surface area (TPSA) is 58.2 Å². The number of rotatable bonds is 2. The first-order valence-electron chi connectivity index (χ1n) is 2.06. The summed E-state index contributed by atoms with van der Waals surface area (Å²) in [6, 6.07) is 0. The van der Waals surface area contributed by atoms with Gasteiger partial charge in [0.25, 0.3) is 10.2 Å². The van der Waals surface area contributed by atoms with Gasteiger partial charge in [-0.25, -0.2) is 4.72 Å². The second-order valence-electron chi connectivity index (χ2n) is 1.31. The van der Waals surface area contributed by atoms with Gasteiger partial charge in [-0.1, -0.05) is 0 Å². The van der Waals surface area contributed by atoms with Crippen molar-refractivity contribution in [2.45, 2.75) is 6.30 Å². The van der Waals surface area contributed by atoms with E-state index >= 15 is 0 Å². The number of hydrogen-bond donors (Lipinski definition) is 2. The maximum absolute atomic E-state index is 11.2. The molecule has 0 radical (unpaired) electrons. The highest BCUT2D eigenvalue weighted by atomic mass is 32.2. The predicted molar refractivity (Wildman–Crippen MR) is 27.2 cm³/mol. The van der Waals surface area contributed by atoms with Crippen molar-refractivity contribution in [3.05, 3.63) is 0 Å². The van der Waals surface area contributed by atoms with Gasteiger partial charge in [-0.2, -0.15) is 21.6 Å². The Balaban J connectivity index is 4.18. The van der Waals surface area contributed by atoms with E-state index in [-0.39, 0.29) is 0 Å². The van der Waals surface area contributed by atoms with Gasteiger partial charge < -0.3 is 0 Å². The Bertz CT molecular complexity index is 195. The molecule has 0 aromatic carbocycles. The Morgan fingerprint density at radius 2 is 1.70 bits per heavy atom. The second kappa shape index (κ2) is 2.72. The summed E-state index contributed by atoms with van der Waals surface area (Å²) < 4.78 is 55.6. The SMILES string of the molecule is CNS(=O)(=O)NC(F)(F)F. The molecule has 0 spiro atoms. The summed E-state index contributed by atoms with van der Waals surface area (Å²) in [6.07, 6.45) is -4.91. The molecule has 0 aromatic heterocycles. The lowest BCUT2D eigenvalue weighted by molar-refractivity contribution is -0.138. The van der Waals surface area contributed by atoms with Crippen LogP contribution in [0.4, 0.5) is 13.2 Å². The van der Waals surface area contributed by atoms with Crippen LogP contribution < -0.4 is 9.44 Å². The van der Waals surface area contributed by atoms with Crippen molar-refractivity contribution in [1.82, 2.24) is 9.44 Å². The molecule has 2 N–H and O–H groups in total. The van der Waals surface area contributed by atoms with Gasteiger partial charge in [0.1, 0.15) is 0 Å². The summed E-state index contributed by atoms with van der Waals surface area (Å²) in [5.41, 5.74) is 0. The zero-order valence-corrected chi connectivity index (χ0v) is 5.68. The Morgan fingerprint density at radius 3 is 1.80 bits per heavy atom. The molecular weight excluding hydrogens is 173 g/mol. The molecule has 62 valence electrons. The lowest BCUT2D eigenvalue weighted by Gasteiger charge is -2.06. The smallest absolute Gasteiger partial charge is 0.205 e. The van der Waals surface area contributed by atoms with Crippen LogP contribution in [0.5, 0.6) is 0 Å². The molecule has 0 amide bonds. The van der Waals surface area contributed by atoms with Crippen molar-refractivity contribution in [1.29, 1.82) is 0 Å². The quantitative estimate of drug-likeness (QED) is 0.563. The minimum absolute atomic E-state index is 0.406. The number of hydrogen-bond acceptors (Lipinski definition) is 2. The lowest BCUT2D eigenvalue weighted by atomic mass is 11.3. The Hall–Kier alpha value is -0.340. The fourth-order valence-corrected chi connectivity index (χ4v) is 0.610. The first-order chi connectivity index (χ1) is 4.27. The van der Waals surface area contributed by atoms with Crippen LogP contribution in [0.3, 0.4) is 0 Å². The van der Waals surface area contributed by atoms with Crippen molar-refractivity contribution in [3.8, 4) is 0 Å². The molecule has 0 saturated carbocycles. The summed E-state index contributed by atoms with van der Waals surface area (Å²) in [5, 5.41) is 0. The van der Waals surface area contributed by atoms with Crippen LogP contribution in [0.15, 0.2) is 0 Å². The van der Waals surface area contributed by atoms with Gasteiger partial charge in [0, 0.05) is 7.05 Å². The molecule has 0 heterocycles. The normalized spacial score (nSPS) is 13.6. The maximum atomic E-state index is 11.2. The molecule has 0 unspecified atom stereocenters. The molecular formula is C2H5F3N2O2S. The van der Waals surface area contributed by atoms with Gasteiger partial charge in [-0.3, -0.25) is 0 Å². The third-order valence-electron chi connectivity index (χ3n) is 0.519. The van der Waals surface area contributed by atoms with Gasteiger partial charge in [0.15, 0.2) is 0 Å². The van der Waals surface area contributed by atoms with Crippen molar-refractivity contribution in [3.63, 3.8) is 0 Å². The summed E-state index contributed by atoms with van der Waals surface area (Å²) in [7, 11) is -3.53. The van der Waals surface area contributed by atoms with Crippen LogP contribution in [0.25, 0.3) is 0 Å². The Kier molecular flexibility index (Phi) is 2.63. The maximum Gasteiger partial charge on any atom is 0.471 e. The molecule has 0 atom stereocenters. The molecule has 0 aliphatic heterocycles. The molecule has 0 aliphatic carbocycles. The largest absolute Gasteiger partial charge is 0.471 e. The molecule has 0 saturated heterocycles. The van der Waals surface area contributed by atoms with Crippen molar-refractivity contribution < 1.29 is 21.6 Å². The van der Waals surface area contributed by atoms with Gasteiger partial charge in [0.05, 0.1) is 0 Å². The van der Waals surface area contributed by atoms with Gasteiger partial charge in [0.2, 0.25) is 0 Å². The summed E-state index contributed by atoms with van der Waals surface area (Å²) in [6.45, 7) is 0. The fourth-order valence-electron chi connectivity index (χ4n) is 0.203. The first-order valence-corrected chi connectivity index (χ1v) is 3.54. The van der Waals surface area contributed by atoms with Crippen LogP contribution >= 0.6 is 0 Å². The standard InChI is InChI=1S/C2H5F3N2O2S/c1-6-10(8,9)7-2(3,4)5/h6-7H,1H3. The van der Waals surface area contributed by atoms with Crippen LogP contribution in [0, 0.1) is 0 Å². The fraction of sp³-hybridized carbons (Fsp3) is 1.00. The molecule has 10 heavy (non-hydrogen) atoms. The van der Waals surface area contributed by atoms with Gasteiger partial charge >= 0.3 is 6.30 Å². The highest BCUT2D eigenvalue weighted by Gasteiger charge is 2.32. The highest BCUT2D eigenvalue weighted by molar-refractivity contribution is 7.87. The van der Waals surface area contributed by atoms with Crippen molar-refractivity contribution >= 4 is 10.2 Å². The van der Waals surface area contributed by atoms with E-state index in [0.29, 0.717) is 4.72 Å². The van der Waals surface area contributed by atoms with Crippen LogP contribution in [0.2, 0.25) is 0 Å². The van der Waals surface area contributed by atoms with Gasteiger partial charge in [-0.05, 0) is 0 Å².